The third-order valence-electron chi connectivity index (χ3n) is 2.43. The van der Waals surface area contributed by atoms with Gasteiger partial charge < -0.3 is 9.84 Å². The Morgan fingerprint density at radius 3 is 2.71 bits per heavy atom. The number of thioether (sulfide) groups is 1. The third kappa shape index (κ3) is 3.88. The summed E-state index contributed by atoms with van der Waals surface area (Å²) in [5.41, 5.74) is -0.517. The van der Waals surface area contributed by atoms with E-state index in [1.54, 1.807) is 6.92 Å². The highest BCUT2D eigenvalue weighted by Gasteiger charge is 2.30. The van der Waals surface area contributed by atoms with E-state index >= 15 is 0 Å². The van der Waals surface area contributed by atoms with E-state index in [0.29, 0.717) is 18.1 Å². The van der Waals surface area contributed by atoms with Gasteiger partial charge in [0.25, 0.3) is 0 Å². The number of hydrogen-bond acceptors (Lipinski definition) is 4. The fourth-order valence-corrected chi connectivity index (χ4v) is 2.73. The molecule has 0 unspecified atom stereocenters. The molecule has 0 bridgehead atoms. The second-order valence-corrected chi connectivity index (χ2v) is 4.71. The second-order valence-electron chi connectivity index (χ2n) is 3.73. The van der Waals surface area contributed by atoms with Crippen LogP contribution in [0.3, 0.4) is 0 Å². The number of esters is 1. The Hall–Kier alpha value is -0.220. The first kappa shape index (κ1) is 11.9. The van der Waals surface area contributed by atoms with Crippen molar-refractivity contribution in [2.75, 3.05) is 18.1 Å². The third-order valence-corrected chi connectivity index (χ3v) is 3.61. The lowest BCUT2D eigenvalue weighted by molar-refractivity contribution is -0.139. The van der Waals surface area contributed by atoms with Crippen molar-refractivity contribution in [1.82, 2.24) is 0 Å². The zero-order chi connectivity index (χ0) is 10.4. The van der Waals surface area contributed by atoms with Crippen molar-refractivity contribution >= 4 is 17.7 Å². The monoisotopic (exact) mass is 218 g/mol. The molecule has 14 heavy (non-hydrogen) atoms. The first-order valence-electron chi connectivity index (χ1n) is 5.12. The minimum Gasteiger partial charge on any atom is -0.465 e. The maximum atomic E-state index is 11.0. The van der Waals surface area contributed by atoms with Gasteiger partial charge >= 0.3 is 5.97 Å². The van der Waals surface area contributed by atoms with Gasteiger partial charge in [0.15, 0.2) is 0 Å². The predicted molar refractivity (Wildman–Crippen MR) is 57.4 cm³/mol. The Morgan fingerprint density at radius 2 is 2.14 bits per heavy atom. The Bertz CT molecular complexity index is 188. The van der Waals surface area contributed by atoms with E-state index in [-0.39, 0.29) is 5.97 Å². The van der Waals surface area contributed by atoms with Crippen molar-refractivity contribution < 1.29 is 14.6 Å². The lowest BCUT2D eigenvalue weighted by atomic mass is 10.1. The summed E-state index contributed by atoms with van der Waals surface area (Å²) in [4.78, 5) is 11.0. The normalized spacial score (nSPS) is 19.6. The topological polar surface area (TPSA) is 46.5 Å². The Kier molecular flexibility index (Phi) is 4.75. The highest BCUT2D eigenvalue weighted by atomic mass is 32.2. The van der Waals surface area contributed by atoms with Crippen LogP contribution in [0.5, 0.6) is 0 Å². The molecule has 0 atom stereocenters. The van der Waals surface area contributed by atoms with Gasteiger partial charge in [0.2, 0.25) is 0 Å². The van der Waals surface area contributed by atoms with Gasteiger partial charge in [-0.2, -0.15) is 0 Å². The highest BCUT2D eigenvalue weighted by molar-refractivity contribution is 8.00. The van der Waals surface area contributed by atoms with Gasteiger partial charge in [-0.1, -0.05) is 12.8 Å². The SMILES string of the molecule is CCOC(=O)CSCC1(O)CCCC1. The van der Waals surface area contributed by atoms with E-state index in [2.05, 4.69) is 0 Å². The highest BCUT2D eigenvalue weighted by Crippen LogP contribution is 2.32. The molecule has 1 aliphatic rings. The molecule has 1 fully saturated rings. The molecule has 3 nitrogen and oxygen atoms in total. The van der Waals surface area contributed by atoms with Crippen LogP contribution in [-0.4, -0.2) is 34.8 Å². The molecule has 1 aliphatic carbocycles. The molecule has 0 saturated heterocycles. The molecule has 1 rings (SSSR count). The molecule has 82 valence electrons. The number of ether oxygens (including phenoxy) is 1. The van der Waals surface area contributed by atoms with Crippen LogP contribution < -0.4 is 0 Å². The Balaban J connectivity index is 2.11. The largest absolute Gasteiger partial charge is 0.465 e. The molecule has 0 aromatic heterocycles. The molecule has 0 aliphatic heterocycles. The van der Waals surface area contributed by atoms with Crippen molar-refractivity contribution in [3.8, 4) is 0 Å². The van der Waals surface area contributed by atoms with Crippen LogP contribution >= 0.6 is 11.8 Å². The molecule has 1 N–H and O–H groups in total. The van der Waals surface area contributed by atoms with E-state index in [1.807, 2.05) is 0 Å². The average Bonchev–Trinajstić information content (AvgIpc) is 2.53. The lowest BCUT2D eigenvalue weighted by Gasteiger charge is -2.20. The van der Waals surface area contributed by atoms with E-state index in [0.717, 1.165) is 25.7 Å². The summed E-state index contributed by atoms with van der Waals surface area (Å²) in [5.74, 6) is 0.834. The quantitative estimate of drug-likeness (QED) is 0.712. The van der Waals surface area contributed by atoms with Gasteiger partial charge in [-0.15, -0.1) is 11.8 Å². The summed E-state index contributed by atoms with van der Waals surface area (Å²) in [7, 11) is 0. The smallest absolute Gasteiger partial charge is 0.315 e. The minimum atomic E-state index is -0.517. The lowest BCUT2D eigenvalue weighted by Crippen LogP contribution is -2.27. The van der Waals surface area contributed by atoms with Gasteiger partial charge in [-0.3, -0.25) is 4.79 Å². The number of rotatable bonds is 5. The standard InChI is InChI=1S/C10H18O3S/c1-2-13-9(11)7-14-8-10(12)5-3-4-6-10/h12H,2-8H2,1H3. The van der Waals surface area contributed by atoms with Crippen LogP contribution in [0.4, 0.5) is 0 Å². The van der Waals surface area contributed by atoms with Gasteiger partial charge in [-0.05, 0) is 19.8 Å². The molecule has 0 radical (unpaired) electrons. The molecule has 0 spiro atoms. The van der Waals surface area contributed by atoms with E-state index in [4.69, 9.17) is 4.74 Å². The van der Waals surface area contributed by atoms with Gasteiger partial charge in [0.05, 0.1) is 18.0 Å². The average molecular weight is 218 g/mol. The van der Waals surface area contributed by atoms with Crippen LogP contribution in [0, 0.1) is 0 Å². The molecular weight excluding hydrogens is 200 g/mol. The summed E-state index contributed by atoms with van der Waals surface area (Å²) < 4.78 is 4.80. The number of carbonyl (C=O) groups excluding carboxylic acids is 1. The van der Waals surface area contributed by atoms with Gasteiger partial charge in [-0.25, -0.2) is 0 Å². The van der Waals surface area contributed by atoms with E-state index < -0.39 is 5.60 Å². The second kappa shape index (κ2) is 5.61. The molecule has 0 aromatic rings. The fraction of sp³-hybridized carbons (Fsp3) is 0.900. The maximum Gasteiger partial charge on any atom is 0.315 e. The minimum absolute atomic E-state index is 0.181. The van der Waals surface area contributed by atoms with Crippen molar-refractivity contribution in [1.29, 1.82) is 0 Å². The van der Waals surface area contributed by atoms with Crippen LogP contribution in [-0.2, 0) is 9.53 Å². The molecule has 4 heteroatoms. The molecule has 0 heterocycles. The summed E-state index contributed by atoms with van der Waals surface area (Å²) >= 11 is 1.47. The number of carbonyl (C=O) groups is 1. The summed E-state index contributed by atoms with van der Waals surface area (Å²) in [6, 6.07) is 0. The number of aliphatic hydroxyl groups is 1. The van der Waals surface area contributed by atoms with Crippen molar-refractivity contribution in [2.45, 2.75) is 38.2 Å². The van der Waals surface area contributed by atoms with Crippen LogP contribution in [0.2, 0.25) is 0 Å². The predicted octanol–water partition coefficient (Wildman–Crippen LogP) is 1.59. The first-order valence-corrected chi connectivity index (χ1v) is 6.27. The molecular formula is C10H18O3S. The Labute approximate surface area is 89.2 Å². The first-order chi connectivity index (χ1) is 6.66. The molecule has 0 amide bonds. The van der Waals surface area contributed by atoms with Crippen molar-refractivity contribution in [3.05, 3.63) is 0 Å². The van der Waals surface area contributed by atoms with E-state index in [1.165, 1.54) is 11.8 Å². The van der Waals surface area contributed by atoms with Gasteiger partial charge in [0, 0.05) is 5.75 Å². The van der Waals surface area contributed by atoms with Gasteiger partial charge in [0.1, 0.15) is 0 Å². The van der Waals surface area contributed by atoms with Crippen molar-refractivity contribution in [3.63, 3.8) is 0 Å². The zero-order valence-electron chi connectivity index (χ0n) is 8.62. The number of hydrogen-bond donors (Lipinski definition) is 1. The van der Waals surface area contributed by atoms with Crippen molar-refractivity contribution in [2.24, 2.45) is 0 Å². The van der Waals surface area contributed by atoms with Crippen LogP contribution in [0.15, 0.2) is 0 Å². The van der Waals surface area contributed by atoms with E-state index in [9.17, 15) is 9.90 Å². The van der Waals surface area contributed by atoms with Crippen LogP contribution in [0.25, 0.3) is 0 Å². The zero-order valence-corrected chi connectivity index (χ0v) is 9.44. The molecule has 0 aromatic carbocycles. The summed E-state index contributed by atoms with van der Waals surface area (Å²) in [6.45, 7) is 2.23. The maximum absolute atomic E-state index is 11.0. The Morgan fingerprint density at radius 1 is 1.50 bits per heavy atom. The summed E-state index contributed by atoms with van der Waals surface area (Å²) in [5, 5.41) is 9.96. The van der Waals surface area contributed by atoms with Crippen LogP contribution in [0.1, 0.15) is 32.6 Å². The molecule has 1 saturated carbocycles. The summed E-state index contributed by atoms with van der Waals surface area (Å²) in [6.07, 6.45) is 3.97. The fourth-order valence-electron chi connectivity index (χ4n) is 1.70.